The van der Waals surface area contributed by atoms with E-state index in [1.54, 1.807) is 13.8 Å². The van der Waals surface area contributed by atoms with Gasteiger partial charge in [-0.3, -0.25) is 14.5 Å². The number of nitrogens with two attached hydrogens (primary N) is 1. The number of rotatable bonds is 3. The quantitative estimate of drug-likeness (QED) is 0.623. The monoisotopic (exact) mass is 323 g/mol. The van der Waals surface area contributed by atoms with E-state index in [4.69, 9.17) is 4.74 Å². The van der Waals surface area contributed by atoms with Crippen molar-refractivity contribution < 1.29 is 24.4 Å². The summed E-state index contributed by atoms with van der Waals surface area (Å²) in [5.74, 6) is -2.11. The summed E-state index contributed by atoms with van der Waals surface area (Å²) in [6.45, 7) is 3.69. The number of likely N-dealkylation sites (tertiary alicyclic amines) is 1. The lowest BCUT2D eigenvalue weighted by atomic mass is 9.81. The van der Waals surface area contributed by atoms with E-state index in [1.165, 1.54) is 18.4 Å². The molecule has 6 nitrogen and oxygen atoms in total. The van der Waals surface area contributed by atoms with Crippen LogP contribution in [0.3, 0.4) is 0 Å². The molecule has 0 aliphatic carbocycles. The maximum atomic E-state index is 12.5. The predicted molar refractivity (Wildman–Crippen MR) is 78.8 cm³/mol. The van der Waals surface area contributed by atoms with E-state index in [9.17, 15) is 14.4 Å². The Kier molecular flexibility index (Phi) is 3.57. The normalized spacial score (nSPS) is 34.1. The summed E-state index contributed by atoms with van der Waals surface area (Å²) in [7, 11) is 1.49. The third-order valence-corrected chi connectivity index (χ3v) is 5.69. The molecule has 2 aliphatic heterocycles. The topological polar surface area (TPSA) is 80.3 Å². The van der Waals surface area contributed by atoms with Crippen LogP contribution in [0.15, 0.2) is 17.5 Å². The van der Waals surface area contributed by atoms with Crippen molar-refractivity contribution in [2.24, 2.45) is 11.8 Å². The molecule has 118 valence electrons. The first-order chi connectivity index (χ1) is 10.4. The van der Waals surface area contributed by atoms with E-state index in [0.29, 0.717) is 0 Å². The fourth-order valence-corrected chi connectivity index (χ4v) is 4.47. The summed E-state index contributed by atoms with van der Waals surface area (Å²) in [4.78, 5) is 39.6. The number of ether oxygens (including phenoxy) is 1. The Bertz CT molecular complexity index is 629. The van der Waals surface area contributed by atoms with Crippen LogP contribution in [0.4, 0.5) is 0 Å². The number of thiophene rings is 1. The molecule has 1 aromatic heterocycles. The highest BCUT2D eigenvalue weighted by Gasteiger charge is 2.70. The van der Waals surface area contributed by atoms with Crippen LogP contribution in [0.2, 0.25) is 0 Å². The zero-order chi connectivity index (χ0) is 16.1. The lowest BCUT2D eigenvalue weighted by Gasteiger charge is -2.24. The molecule has 3 heterocycles. The van der Waals surface area contributed by atoms with Gasteiger partial charge in [0, 0.05) is 14.0 Å². The number of esters is 1. The van der Waals surface area contributed by atoms with Crippen LogP contribution in [0.1, 0.15) is 24.8 Å². The van der Waals surface area contributed by atoms with Crippen LogP contribution in [0.5, 0.6) is 0 Å². The number of fused-ring (bicyclic) bond motifs is 1. The Morgan fingerprint density at radius 3 is 2.77 bits per heavy atom. The Hall–Kier alpha value is -1.73. The number of hydrogen-bond donors (Lipinski definition) is 1. The smallest absolute Gasteiger partial charge is 0.368 e. The second-order valence-electron chi connectivity index (χ2n) is 5.95. The van der Waals surface area contributed by atoms with E-state index in [2.05, 4.69) is 0 Å². The molecule has 2 saturated heterocycles. The van der Waals surface area contributed by atoms with Gasteiger partial charge in [-0.25, -0.2) is 4.79 Å². The maximum Gasteiger partial charge on any atom is 0.368 e. The second kappa shape index (κ2) is 5.17. The van der Waals surface area contributed by atoms with Crippen LogP contribution < -0.4 is 5.32 Å². The molecule has 0 spiro atoms. The minimum atomic E-state index is -1.06. The van der Waals surface area contributed by atoms with Crippen molar-refractivity contribution in [2.45, 2.75) is 25.4 Å². The molecular formula is C15H19N2O4S+. The lowest BCUT2D eigenvalue weighted by molar-refractivity contribution is -0.730. The number of carbonyl (C=O) groups is 3. The van der Waals surface area contributed by atoms with Crippen LogP contribution in [0.25, 0.3) is 0 Å². The highest BCUT2D eigenvalue weighted by atomic mass is 32.1. The van der Waals surface area contributed by atoms with Crippen LogP contribution in [-0.2, 0) is 19.1 Å². The Balaban J connectivity index is 2.06. The Morgan fingerprint density at radius 1 is 1.45 bits per heavy atom. The van der Waals surface area contributed by atoms with Gasteiger partial charge in [-0.15, -0.1) is 11.3 Å². The first kappa shape index (κ1) is 15.2. The molecule has 0 unspecified atom stereocenters. The van der Waals surface area contributed by atoms with Gasteiger partial charge < -0.3 is 10.1 Å². The number of carbonyl (C=O) groups excluding carboxylic acids is 3. The van der Waals surface area contributed by atoms with Gasteiger partial charge in [0.15, 0.2) is 0 Å². The molecule has 0 radical (unpaired) electrons. The maximum absolute atomic E-state index is 12.5. The summed E-state index contributed by atoms with van der Waals surface area (Å²) in [6.07, 6.45) is 0. The van der Waals surface area contributed by atoms with Crippen molar-refractivity contribution in [3.8, 4) is 0 Å². The van der Waals surface area contributed by atoms with Crippen molar-refractivity contribution >= 4 is 29.1 Å². The Labute approximate surface area is 132 Å². The molecule has 4 atom stereocenters. The standard InChI is InChI=1S/C15H18N2O4S/c1-4-21-14(20)15(2)10-9(12(18)17(3)13(10)19)11(16-15)8-6-5-7-22-8/h5-7,9-11,16H,4H2,1-3H3/p+1/t9-,10+,11-,15+/m0/s1. The number of hydrogen-bond acceptors (Lipinski definition) is 5. The molecule has 0 bridgehead atoms. The van der Waals surface area contributed by atoms with Gasteiger partial charge in [0.2, 0.25) is 17.4 Å². The fraction of sp³-hybridized carbons (Fsp3) is 0.533. The van der Waals surface area contributed by atoms with Crippen molar-refractivity contribution in [2.75, 3.05) is 13.7 Å². The predicted octanol–water partition coefficient (Wildman–Crippen LogP) is -0.0810. The van der Waals surface area contributed by atoms with Gasteiger partial charge >= 0.3 is 5.97 Å². The van der Waals surface area contributed by atoms with Gasteiger partial charge in [-0.2, -0.15) is 0 Å². The minimum Gasteiger partial charge on any atom is -0.461 e. The van der Waals surface area contributed by atoms with E-state index >= 15 is 0 Å². The van der Waals surface area contributed by atoms with Crippen molar-refractivity contribution in [1.29, 1.82) is 0 Å². The second-order valence-corrected chi connectivity index (χ2v) is 6.93. The van der Waals surface area contributed by atoms with Gasteiger partial charge in [0.05, 0.1) is 11.5 Å². The summed E-state index contributed by atoms with van der Waals surface area (Å²) < 4.78 is 5.17. The summed E-state index contributed by atoms with van der Waals surface area (Å²) in [5.41, 5.74) is -1.06. The van der Waals surface area contributed by atoms with Gasteiger partial charge in [-0.1, -0.05) is 6.07 Å². The SMILES string of the molecule is CCOC(=O)[C@]1(C)[NH2+][C@@H](c2cccs2)[C@H]2C(=O)N(C)C(=O)[C@@H]21. The number of quaternary nitrogens is 1. The number of amides is 2. The molecule has 2 fully saturated rings. The molecule has 22 heavy (non-hydrogen) atoms. The zero-order valence-electron chi connectivity index (χ0n) is 12.7. The van der Waals surface area contributed by atoms with E-state index in [0.717, 1.165) is 9.78 Å². The minimum absolute atomic E-state index is 0.210. The molecule has 2 amide bonds. The molecule has 0 saturated carbocycles. The molecular weight excluding hydrogens is 304 g/mol. The van der Waals surface area contributed by atoms with E-state index in [1.807, 2.05) is 22.8 Å². The molecule has 3 rings (SSSR count). The van der Waals surface area contributed by atoms with Gasteiger partial charge in [0.1, 0.15) is 17.9 Å². The van der Waals surface area contributed by atoms with E-state index < -0.39 is 23.3 Å². The van der Waals surface area contributed by atoms with Crippen molar-refractivity contribution in [3.63, 3.8) is 0 Å². The number of nitrogens with zero attached hydrogens (tertiary/aromatic N) is 1. The zero-order valence-corrected chi connectivity index (χ0v) is 13.6. The highest BCUT2D eigenvalue weighted by Crippen LogP contribution is 2.44. The lowest BCUT2D eigenvalue weighted by Crippen LogP contribution is -2.97. The average Bonchev–Trinajstić information content (AvgIpc) is 3.15. The molecule has 0 aromatic carbocycles. The fourth-order valence-electron chi connectivity index (χ4n) is 3.63. The first-order valence-corrected chi connectivity index (χ1v) is 8.17. The summed E-state index contributed by atoms with van der Waals surface area (Å²) in [5, 5.41) is 3.78. The van der Waals surface area contributed by atoms with Gasteiger partial charge in [0.25, 0.3) is 0 Å². The van der Waals surface area contributed by atoms with E-state index in [-0.39, 0.29) is 24.5 Å². The third kappa shape index (κ3) is 1.92. The highest BCUT2D eigenvalue weighted by molar-refractivity contribution is 7.10. The van der Waals surface area contributed by atoms with Gasteiger partial charge in [-0.05, 0) is 18.4 Å². The Morgan fingerprint density at radius 2 is 2.18 bits per heavy atom. The van der Waals surface area contributed by atoms with Crippen molar-refractivity contribution in [1.82, 2.24) is 4.90 Å². The van der Waals surface area contributed by atoms with Crippen LogP contribution in [-0.4, -0.2) is 41.9 Å². The molecule has 2 aliphatic rings. The molecule has 2 N–H and O–H groups in total. The summed E-state index contributed by atoms with van der Waals surface area (Å²) in [6, 6.07) is 3.63. The molecule has 1 aromatic rings. The average molecular weight is 323 g/mol. The van der Waals surface area contributed by atoms with Crippen LogP contribution >= 0.6 is 11.3 Å². The number of imide groups is 1. The van der Waals surface area contributed by atoms with Crippen molar-refractivity contribution in [3.05, 3.63) is 22.4 Å². The third-order valence-electron chi connectivity index (χ3n) is 4.72. The largest absolute Gasteiger partial charge is 0.461 e. The molecule has 7 heteroatoms. The summed E-state index contributed by atoms with van der Waals surface area (Å²) >= 11 is 1.53. The van der Waals surface area contributed by atoms with Crippen LogP contribution in [0, 0.1) is 11.8 Å². The first-order valence-electron chi connectivity index (χ1n) is 7.30.